The fraction of sp³-hybridized carbons (Fsp3) is 0.368. The van der Waals surface area contributed by atoms with E-state index in [4.69, 9.17) is 0 Å². The lowest BCUT2D eigenvalue weighted by Crippen LogP contribution is -2.49. The van der Waals surface area contributed by atoms with Gasteiger partial charge >= 0.3 is 0 Å². The van der Waals surface area contributed by atoms with Gasteiger partial charge in [-0.25, -0.2) is 9.37 Å². The lowest BCUT2D eigenvalue weighted by atomic mass is 10.2. The van der Waals surface area contributed by atoms with Gasteiger partial charge in [0.25, 0.3) is 5.91 Å². The third-order valence-corrected chi connectivity index (χ3v) is 5.84. The first-order valence-electron chi connectivity index (χ1n) is 8.95. The number of anilines is 2. The van der Waals surface area contributed by atoms with Crippen LogP contribution in [0.3, 0.4) is 0 Å². The molecule has 1 aliphatic heterocycles. The topological polar surface area (TPSA) is 61.7 Å². The van der Waals surface area contributed by atoms with Gasteiger partial charge < -0.3 is 19.9 Å². The molecule has 27 heavy (non-hydrogen) atoms. The van der Waals surface area contributed by atoms with Crippen molar-refractivity contribution in [2.45, 2.75) is 26.8 Å². The zero-order valence-electron chi connectivity index (χ0n) is 15.5. The molecule has 142 valence electrons. The predicted molar refractivity (Wildman–Crippen MR) is 107 cm³/mol. The van der Waals surface area contributed by atoms with Crippen LogP contribution in [0.15, 0.2) is 24.5 Å². The van der Waals surface area contributed by atoms with E-state index in [1.165, 1.54) is 17.4 Å². The number of halogens is 1. The van der Waals surface area contributed by atoms with E-state index in [1.54, 1.807) is 6.20 Å². The Kier molecular flexibility index (Phi) is 4.61. The predicted octanol–water partition coefficient (Wildman–Crippen LogP) is 3.20. The summed E-state index contributed by atoms with van der Waals surface area (Å²) < 4.78 is 16.3. The maximum absolute atomic E-state index is 14.4. The SMILES string of the molecule is Cc1cn2cc(NC(=O)c3sc(N4CCNC(C)C4)cc3F)cc(C)c2n1. The van der Waals surface area contributed by atoms with E-state index in [-0.39, 0.29) is 4.88 Å². The molecule has 0 bridgehead atoms. The van der Waals surface area contributed by atoms with Crippen molar-refractivity contribution in [1.82, 2.24) is 14.7 Å². The number of pyridine rings is 1. The standard InChI is InChI=1S/C19H22FN5OS/c1-11-6-14(10-25-9-13(3)22-18(11)25)23-19(26)17-15(20)7-16(27-17)24-5-4-21-12(2)8-24/h6-7,9-10,12,21H,4-5,8H2,1-3H3,(H,23,26). The molecule has 2 N–H and O–H groups in total. The molecule has 1 saturated heterocycles. The number of imidazole rings is 1. The number of aromatic nitrogens is 2. The van der Waals surface area contributed by atoms with E-state index >= 15 is 0 Å². The Morgan fingerprint density at radius 3 is 2.96 bits per heavy atom. The zero-order valence-corrected chi connectivity index (χ0v) is 16.4. The van der Waals surface area contributed by atoms with E-state index in [9.17, 15) is 9.18 Å². The highest BCUT2D eigenvalue weighted by molar-refractivity contribution is 7.18. The summed E-state index contributed by atoms with van der Waals surface area (Å²) in [7, 11) is 0. The molecular weight excluding hydrogens is 365 g/mol. The molecule has 8 heteroatoms. The van der Waals surface area contributed by atoms with Gasteiger partial charge in [-0.15, -0.1) is 11.3 Å². The van der Waals surface area contributed by atoms with Crippen molar-refractivity contribution in [3.8, 4) is 0 Å². The van der Waals surface area contributed by atoms with Crippen molar-refractivity contribution in [3.63, 3.8) is 0 Å². The minimum absolute atomic E-state index is 0.107. The number of nitrogens with zero attached hydrogens (tertiary/aromatic N) is 3. The van der Waals surface area contributed by atoms with E-state index < -0.39 is 11.7 Å². The van der Waals surface area contributed by atoms with Crippen LogP contribution in [0, 0.1) is 19.7 Å². The molecule has 0 aromatic carbocycles. The van der Waals surface area contributed by atoms with E-state index in [0.29, 0.717) is 11.7 Å². The monoisotopic (exact) mass is 387 g/mol. The summed E-state index contributed by atoms with van der Waals surface area (Å²) >= 11 is 1.20. The lowest BCUT2D eigenvalue weighted by Gasteiger charge is -2.32. The number of hydrogen-bond acceptors (Lipinski definition) is 5. The fourth-order valence-electron chi connectivity index (χ4n) is 3.45. The van der Waals surface area contributed by atoms with Crippen LogP contribution in [0.4, 0.5) is 15.1 Å². The Balaban J connectivity index is 1.56. The molecule has 1 aliphatic rings. The van der Waals surface area contributed by atoms with Crippen molar-refractivity contribution in [3.05, 3.63) is 46.5 Å². The normalized spacial score (nSPS) is 17.5. The summed E-state index contributed by atoms with van der Waals surface area (Å²) in [6, 6.07) is 3.66. The second-order valence-electron chi connectivity index (χ2n) is 7.04. The van der Waals surface area contributed by atoms with Gasteiger partial charge in [0.1, 0.15) is 16.3 Å². The Bertz CT molecular complexity index is 1010. The number of aryl methyl sites for hydroxylation is 2. The Labute approximate surface area is 161 Å². The highest BCUT2D eigenvalue weighted by Gasteiger charge is 2.23. The van der Waals surface area contributed by atoms with Crippen molar-refractivity contribution in [2.75, 3.05) is 29.9 Å². The maximum Gasteiger partial charge on any atom is 0.268 e. The smallest absolute Gasteiger partial charge is 0.268 e. The Hall–Kier alpha value is -2.45. The quantitative estimate of drug-likeness (QED) is 0.725. The molecule has 3 aromatic rings. The minimum Gasteiger partial charge on any atom is -0.361 e. The summed E-state index contributed by atoms with van der Waals surface area (Å²) in [4.78, 5) is 19.3. The average molecular weight is 387 g/mol. The molecule has 3 aromatic heterocycles. The van der Waals surface area contributed by atoms with Crippen LogP contribution in [0.2, 0.25) is 0 Å². The van der Waals surface area contributed by atoms with Crippen LogP contribution >= 0.6 is 11.3 Å². The van der Waals surface area contributed by atoms with Gasteiger partial charge in [0.15, 0.2) is 0 Å². The molecular formula is C19H22FN5OS. The number of nitrogens with one attached hydrogen (secondary N) is 2. The first kappa shape index (κ1) is 17.9. The van der Waals surface area contributed by atoms with Crippen molar-refractivity contribution >= 4 is 33.6 Å². The maximum atomic E-state index is 14.4. The molecule has 6 nitrogen and oxygen atoms in total. The van der Waals surface area contributed by atoms with Gasteiger partial charge in [0, 0.05) is 44.1 Å². The first-order chi connectivity index (χ1) is 12.9. The number of thiophene rings is 1. The molecule has 4 heterocycles. The third kappa shape index (κ3) is 3.54. The average Bonchev–Trinajstić information content (AvgIpc) is 3.17. The summed E-state index contributed by atoms with van der Waals surface area (Å²) in [5.74, 6) is -0.905. The van der Waals surface area contributed by atoms with Crippen molar-refractivity contribution in [1.29, 1.82) is 0 Å². The molecule has 1 amide bonds. The number of rotatable bonds is 3. The van der Waals surface area contributed by atoms with Crippen LogP contribution in [-0.4, -0.2) is 41.0 Å². The van der Waals surface area contributed by atoms with Crippen LogP contribution < -0.4 is 15.5 Å². The summed E-state index contributed by atoms with van der Waals surface area (Å²) in [6.07, 6.45) is 3.69. The number of carbonyl (C=O) groups excluding carboxylic acids is 1. The number of fused-ring (bicyclic) bond motifs is 1. The van der Waals surface area contributed by atoms with Gasteiger partial charge in [-0.05, 0) is 32.4 Å². The number of carbonyl (C=O) groups is 1. The van der Waals surface area contributed by atoms with Crippen LogP contribution in [0.5, 0.6) is 0 Å². The molecule has 0 radical (unpaired) electrons. The molecule has 1 fully saturated rings. The highest BCUT2D eigenvalue weighted by Crippen LogP contribution is 2.31. The number of amides is 1. The van der Waals surface area contributed by atoms with Crippen LogP contribution in [0.25, 0.3) is 5.65 Å². The largest absolute Gasteiger partial charge is 0.361 e. The van der Waals surface area contributed by atoms with Crippen molar-refractivity contribution < 1.29 is 9.18 Å². The Morgan fingerprint density at radius 2 is 2.19 bits per heavy atom. The van der Waals surface area contributed by atoms with Gasteiger partial charge in [-0.1, -0.05) is 0 Å². The van der Waals surface area contributed by atoms with Crippen LogP contribution in [-0.2, 0) is 0 Å². The second kappa shape index (κ2) is 6.94. The zero-order chi connectivity index (χ0) is 19.1. The van der Waals surface area contributed by atoms with Gasteiger partial charge in [-0.2, -0.15) is 0 Å². The van der Waals surface area contributed by atoms with Gasteiger partial charge in [0.2, 0.25) is 0 Å². The van der Waals surface area contributed by atoms with Gasteiger partial charge in [-0.3, -0.25) is 4.79 Å². The van der Waals surface area contributed by atoms with Gasteiger partial charge in [0.05, 0.1) is 16.4 Å². The first-order valence-corrected chi connectivity index (χ1v) is 9.77. The van der Waals surface area contributed by atoms with E-state index in [2.05, 4.69) is 27.4 Å². The van der Waals surface area contributed by atoms with Crippen LogP contribution in [0.1, 0.15) is 27.9 Å². The molecule has 1 unspecified atom stereocenters. The summed E-state index contributed by atoms with van der Waals surface area (Å²) in [6.45, 7) is 8.42. The van der Waals surface area contributed by atoms with E-state index in [0.717, 1.165) is 41.5 Å². The molecule has 0 spiro atoms. The van der Waals surface area contributed by atoms with E-state index in [1.807, 2.05) is 30.5 Å². The fourth-order valence-corrected chi connectivity index (χ4v) is 4.41. The molecule has 0 saturated carbocycles. The molecule has 4 rings (SSSR count). The molecule has 1 atom stereocenters. The molecule has 0 aliphatic carbocycles. The number of hydrogen-bond donors (Lipinski definition) is 2. The third-order valence-electron chi connectivity index (χ3n) is 4.67. The van der Waals surface area contributed by atoms with Crippen molar-refractivity contribution in [2.24, 2.45) is 0 Å². The summed E-state index contributed by atoms with van der Waals surface area (Å²) in [5, 5.41) is 6.98. The number of piperazine rings is 1. The second-order valence-corrected chi connectivity index (χ2v) is 8.07. The minimum atomic E-state index is -0.477. The summed E-state index contributed by atoms with van der Waals surface area (Å²) in [5.41, 5.74) is 3.32. The Morgan fingerprint density at radius 1 is 1.37 bits per heavy atom. The highest BCUT2D eigenvalue weighted by atomic mass is 32.1. The lowest BCUT2D eigenvalue weighted by molar-refractivity contribution is 0.102.